The van der Waals surface area contributed by atoms with Crippen molar-refractivity contribution in [1.82, 2.24) is 0 Å². The van der Waals surface area contributed by atoms with Gasteiger partial charge in [0, 0.05) is 16.2 Å². The van der Waals surface area contributed by atoms with Gasteiger partial charge in [-0.1, -0.05) is 30.3 Å². The first-order valence-corrected chi connectivity index (χ1v) is 7.37. The van der Waals surface area contributed by atoms with Gasteiger partial charge in [-0.2, -0.15) is 5.26 Å². The van der Waals surface area contributed by atoms with E-state index in [0.717, 1.165) is 0 Å². The highest BCUT2D eigenvalue weighted by molar-refractivity contribution is 8.13. The van der Waals surface area contributed by atoms with Crippen LogP contribution < -0.4 is 0 Å². The van der Waals surface area contributed by atoms with Gasteiger partial charge in [0.05, 0.1) is 16.5 Å². The lowest BCUT2D eigenvalue weighted by Gasteiger charge is -2.06. The summed E-state index contributed by atoms with van der Waals surface area (Å²) in [4.78, 5) is 0.0661. The van der Waals surface area contributed by atoms with Crippen LogP contribution >= 0.6 is 10.7 Å². The Morgan fingerprint density at radius 2 is 1.61 bits per heavy atom. The molecule has 5 heteroatoms. The molecule has 0 heterocycles. The van der Waals surface area contributed by atoms with Crippen LogP contribution in [-0.4, -0.2) is 8.42 Å². The quantitative estimate of drug-likeness (QED) is 0.792. The molecule has 0 N–H and O–H groups in total. The summed E-state index contributed by atoms with van der Waals surface area (Å²) in [6.07, 6.45) is 0. The Morgan fingerprint density at radius 1 is 1.00 bits per heavy atom. The number of nitriles is 1. The van der Waals surface area contributed by atoms with Gasteiger partial charge in [-0.3, -0.25) is 0 Å². The molecule has 0 unspecified atom stereocenters. The van der Waals surface area contributed by atoms with E-state index in [4.69, 9.17) is 15.9 Å². The summed E-state index contributed by atoms with van der Waals surface area (Å²) in [7, 11) is 1.60. The minimum Gasteiger partial charge on any atom is -0.207 e. The van der Waals surface area contributed by atoms with Crippen LogP contribution in [0.25, 0.3) is 11.1 Å². The van der Waals surface area contributed by atoms with E-state index in [-0.39, 0.29) is 4.90 Å². The highest BCUT2D eigenvalue weighted by Crippen LogP contribution is 2.29. The summed E-state index contributed by atoms with van der Waals surface area (Å²) < 4.78 is 22.9. The second-order valence-electron chi connectivity index (χ2n) is 3.62. The van der Waals surface area contributed by atoms with Crippen molar-refractivity contribution >= 4 is 19.7 Å². The average Bonchev–Trinajstić information content (AvgIpc) is 2.38. The van der Waals surface area contributed by atoms with Gasteiger partial charge in [-0.25, -0.2) is 8.42 Å². The number of halogens is 1. The molecule has 0 spiro atoms. The fraction of sp³-hybridized carbons (Fsp3) is 0. The molecule has 2 aromatic carbocycles. The molecule has 18 heavy (non-hydrogen) atoms. The Kier molecular flexibility index (Phi) is 3.37. The predicted octanol–water partition coefficient (Wildman–Crippen LogP) is 3.15. The van der Waals surface area contributed by atoms with E-state index in [9.17, 15) is 8.42 Å². The molecule has 0 aliphatic carbocycles. The molecular formula is C13H8ClNO2S. The van der Waals surface area contributed by atoms with Crippen molar-refractivity contribution in [3.63, 3.8) is 0 Å². The molecule has 3 nitrogen and oxygen atoms in total. The van der Waals surface area contributed by atoms with Crippen LogP contribution in [0.5, 0.6) is 0 Å². The third-order valence-electron chi connectivity index (χ3n) is 2.47. The SMILES string of the molecule is N#Cc1ccc(-c2ccccc2S(=O)(=O)Cl)cc1. The van der Waals surface area contributed by atoms with Crippen LogP contribution in [0, 0.1) is 11.3 Å². The first-order valence-electron chi connectivity index (χ1n) is 5.06. The van der Waals surface area contributed by atoms with Gasteiger partial charge >= 0.3 is 0 Å². The molecule has 0 aliphatic rings. The molecule has 2 aromatic rings. The standard InChI is InChI=1S/C13H8ClNO2S/c14-18(16,17)13-4-2-1-3-12(13)11-7-5-10(9-15)6-8-11/h1-8H. The average molecular weight is 278 g/mol. The van der Waals surface area contributed by atoms with Crippen LogP contribution in [0.1, 0.15) is 5.56 Å². The van der Waals surface area contributed by atoms with E-state index in [1.54, 1.807) is 42.5 Å². The Labute approximate surface area is 110 Å². The lowest BCUT2D eigenvalue weighted by molar-refractivity contribution is 0.610. The van der Waals surface area contributed by atoms with Gasteiger partial charge in [0.25, 0.3) is 9.05 Å². The molecule has 2 rings (SSSR count). The van der Waals surface area contributed by atoms with E-state index in [2.05, 4.69) is 0 Å². The normalized spacial score (nSPS) is 10.9. The van der Waals surface area contributed by atoms with Gasteiger partial charge in [-0.15, -0.1) is 0 Å². The van der Waals surface area contributed by atoms with Crippen molar-refractivity contribution < 1.29 is 8.42 Å². The zero-order valence-corrected chi connectivity index (χ0v) is 10.7. The summed E-state index contributed by atoms with van der Waals surface area (Å²) in [5.41, 5.74) is 1.75. The van der Waals surface area contributed by atoms with Gasteiger partial charge in [0.15, 0.2) is 0 Å². The molecule has 0 fully saturated rings. The summed E-state index contributed by atoms with van der Waals surface area (Å²) in [6, 6.07) is 15.1. The van der Waals surface area contributed by atoms with Gasteiger partial charge in [-0.05, 0) is 23.8 Å². The topological polar surface area (TPSA) is 57.9 Å². The van der Waals surface area contributed by atoms with E-state index in [1.807, 2.05) is 6.07 Å². The van der Waals surface area contributed by atoms with E-state index in [1.165, 1.54) is 6.07 Å². The molecule has 90 valence electrons. The smallest absolute Gasteiger partial charge is 0.207 e. The van der Waals surface area contributed by atoms with Crippen LogP contribution in [-0.2, 0) is 9.05 Å². The van der Waals surface area contributed by atoms with Crippen LogP contribution in [0.2, 0.25) is 0 Å². The van der Waals surface area contributed by atoms with Crippen molar-refractivity contribution in [2.75, 3.05) is 0 Å². The molecule has 0 aliphatic heterocycles. The summed E-state index contributed by atoms with van der Waals surface area (Å²) in [5, 5.41) is 8.72. The van der Waals surface area contributed by atoms with E-state index in [0.29, 0.717) is 16.7 Å². The van der Waals surface area contributed by atoms with Crippen molar-refractivity contribution in [3.05, 3.63) is 54.1 Å². The Bertz CT molecular complexity index is 715. The number of hydrogen-bond acceptors (Lipinski definition) is 3. The summed E-state index contributed by atoms with van der Waals surface area (Å²) in [5.74, 6) is 0. The molecule has 0 atom stereocenters. The maximum Gasteiger partial charge on any atom is 0.261 e. The highest BCUT2D eigenvalue weighted by atomic mass is 35.7. The molecule has 0 bridgehead atoms. The molecule has 0 saturated carbocycles. The third-order valence-corrected chi connectivity index (χ3v) is 3.85. The van der Waals surface area contributed by atoms with Crippen LogP contribution in [0.3, 0.4) is 0 Å². The lowest BCUT2D eigenvalue weighted by atomic mass is 10.0. The van der Waals surface area contributed by atoms with Gasteiger partial charge in [0.1, 0.15) is 0 Å². The zero-order chi connectivity index (χ0) is 13.2. The zero-order valence-electron chi connectivity index (χ0n) is 9.17. The van der Waals surface area contributed by atoms with E-state index >= 15 is 0 Å². The van der Waals surface area contributed by atoms with Crippen molar-refractivity contribution in [2.45, 2.75) is 4.90 Å². The van der Waals surface area contributed by atoms with Crippen LogP contribution in [0.15, 0.2) is 53.4 Å². The monoisotopic (exact) mass is 277 g/mol. The molecule has 0 aromatic heterocycles. The largest absolute Gasteiger partial charge is 0.261 e. The van der Waals surface area contributed by atoms with Crippen molar-refractivity contribution in [3.8, 4) is 17.2 Å². The van der Waals surface area contributed by atoms with E-state index < -0.39 is 9.05 Å². The number of nitrogens with zero attached hydrogens (tertiary/aromatic N) is 1. The first kappa shape index (κ1) is 12.6. The molecular weight excluding hydrogens is 270 g/mol. The minimum atomic E-state index is -3.79. The number of rotatable bonds is 2. The lowest BCUT2D eigenvalue weighted by Crippen LogP contribution is -1.94. The second-order valence-corrected chi connectivity index (χ2v) is 6.16. The molecule has 0 saturated heterocycles. The van der Waals surface area contributed by atoms with Crippen LogP contribution in [0.4, 0.5) is 0 Å². The van der Waals surface area contributed by atoms with Crippen molar-refractivity contribution in [1.29, 1.82) is 5.26 Å². The van der Waals surface area contributed by atoms with Gasteiger partial charge in [0.2, 0.25) is 0 Å². The molecule has 0 amide bonds. The van der Waals surface area contributed by atoms with Crippen molar-refractivity contribution in [2.24, 2.45) is 0 Å². The summed E-state index contributed by atoms with van der Waals surface area (Å²) in [6.45, 7) is 0. The maximum atomic E-state index is 11.5. The fourth-order valence-corrected chi connectivity index (χ4v) is 2.74. The fourth-order valence-electron chi connectivity index (χ4n) is 1.64. The Morgan fingerprint density at radius 3 is 2.17 bits per heavy atom. The Balaban J connectivity index is 2.61. The maximum absolute atomic E-state index is 11.5. The number of hydrogen-bond donors (Lipinski definition) is 0. The predicted molar refractivity (Wildman–Crippen MR) is 69.6 cm³/mol. The van der Waals surface area contributed by atoms with Gasteiger partial charge < -0.3 is 0 Å². The second kappa shape index (κ2) is 4.81. The minimum absolute atomic E-state index is 0.0661. The third kappa shape index (κ3) is 2.53. The molecule has 0 radical (unpaired) electrons. The summed E-state index contributed by atoms with van der Waals surface area (Å²) >= 11 is 0. The highest BCUT2D eigenvalue weighted by Gasteiger charge is 2.15. The Hall–Kier alpha value is -1.83. The number of benzene rings is 2. The first-order chi connectivity index (χ1) is 8.52.